The Hall–Kier alpha value is -1.94. The molecule has 0 bridgehead atoms. The normalized spacial score (nSPS) is 17.9. The van der Waals surface area contributed by atoms with Crippen molar-refractivity contribution in [3.8, 4) is 0 Å². The van der Waals surface area contributed by atoms with Gasteiger partial charge in [0.25, 0.3) is 5.91 Å². The number of rotatable bonds is 4. The number of amides is 1. The van der Waals surface area contributed by atoms with E-state index in [0.717, 1.165) is 60.1 Å². The average Bonchev–Trinajstić information content (AvgIpc) is 2.60. The van der Waals surface area contributed by atoms with E-state index in [9.17, 15) is 4.79 Å². The molecule has 1 amide bonds. The number of ether oxygens (including phenoxy) is 1. The fraction of sp³-hybridized carbons (Fsp3) is 0.500. The third-order valence-corrected chi connectivity index (χ3v) is 4.81. The molecule has 1 fully saturated rings. The van der Waals surface area contributed by atoms with Crippen LogP contribution < -0.4 is 0 Å². The van der Waals surface area contributed by atoms with Gasteiger partial charge in [0.2, 0.25) is 0 Å². The molecule has 0 N–H and O–H groups in total. The Morgan fingerprint density at radius 2 is 2.17 bits per heavy atom. The molecule has 4 nitrogen and oxygen atoms in total. The number of benzene rings is 1. The molecule has 128 valence electrons. The number of aromatic nitrogens is 1. The lowest BCUT2D eigenvalue weighted by atomic mass is 10.0. The molecule has 1 aliphatic rings. The summed E-state index contributed by atoms with van der Waals surface area (Å²) in [6, 6.07) is 7.91. The Labute approximate surface area is 143 Å². The van der Waals surface area contributed by atoms with Crippen molar-refractivity contribution in [2.75, 3.05) is 20.2 Å². The van der Waals surface area contributed by atoms with Crippen LogP contribution in [0.2, 0.25) is 0 Å². The van der Waals surface area contributed by atoms with Crippen molar-refractivity contribution in [1.82, 2.24) is 9.88 Å². The Morgan fingerprint density at radius 3 is 2.92 bits per heavy atom. The van der Waals surface area contributed by atoms with Gasteiger partial charge in [0.1, 0.15) is 0 Å². The van der Waals surface area contributed by atoms with Crippen LogP contribution in [0, 0.1) is 13.8 Å². The maximum Gasteiger partial charge on any atom is 0.254 e. The summed E-state index contributed by atoms with van der Waals surface area (Å²) >= 11 is 0. The van der Waals surface area contributed by atoms with Gasteiger partial charge in [-0.15, -0.1) is 0 Å². The van der Waals surface area contributed by atoms with Gasteiger partial charge < -0.3 is 9.64 Å². The van der Waals surface area contributed by atoms with Gasteiger partial charge in [-0.3, -0.25) is 9.78 Å². The van der Waals surface area contributed by atoms with Gasteiger partial charge >= 0.3 is 0 Å². The summed E-state index contributed by atoms with van der Waals surface area (Å²) in [5.74, 6) is 0.0620. The number of nitrogens with zero attached hydrogens (tertiary/aromatic N) is 2. The van der Waals surface area contributed by atoms with E-state index >= 15 is 0 Å². The molecular formula is C20H26N2O2. The molecule has 0 saturated carbocycles. The molecule has 0 aliphatic carbocycles. The number of fused-ring (bicyclic) bond motifs is 1. The van der Waals surface area contributed by atoms with E-state index in [-0.39, 0.29) is 5.91 Å². The van der Waals surface area contributed by atoms with E-state index in [2.05, 4.69) is 4.98 Å². The van der Waals surface area contributed by atoms with Gasteiger partial charge in [-0.25, -0.2) is 0 Å². The largest absolute Gasteiger partial charge is 0.378 e. The van der Waals surface area contributed by atoms with Crippen molar-refractivity contribution in [3.05, 3.63) is 41.1 Å². The Balaban J connectivity index is 1.78. The first kappa shape index (κ1) is 16.9. The molecule has 2 heterocycles. The van der Waals surface area contributed by atoms with Crippen LogP contribution in [0.4, 0.5) is 0 Å². The van der Waals surface area contributed by atoms with E-state index in [1.807, 2.05) is 50.1 Å². The van der Waals surface area contributed by atoms with Gasteiger partial charge in [-0.1, -0.05) is 18.2 Å². The maximum atomic E-state index is 13.0. The SMILES string of the molecule is Cc1cc(C(=O)N(C)CCC2CCCCO2)c2cccc(C)c2n1. The summed E-state index contributed by atoms with van der Waals surface area (Å²) in [6.07, 6.45) is 4.71. The molecule has 1 aromatic heterocycles. The average molecular weight is 326 g/mol. The quantitative estimate of drug-likeness (QED) is 0.856. The number of hydrogen-bond donors (Lipinski definition) is 0. The fourth-order valence-electron chi connectivity index (χ4n) is 3.38. The van der Waals surface area contributed by atoms with Gasteiger partial charge in [-0.2, -0.15) is 0 Å². The third-order valence-electron chi connectivity index (χ3n) is 4.81. The number of para-hydroxylation sites is 1. The number of pyridine rings is 1. The zero-order valence-corrected chi connectivity index (χ0v) is 14.8. The van der Waals surface area contributed by atoms with Crippen LogP contribution in [0.1, 0.15) is 47.3 Å². The van der Waals surface area contributed by atoms with Crippen molar-refractivity contribution < 1.29 is 9.53 Å². The van der Waals surface area contributed by atoms with Gasteiger partial charge in [-0.05, 0) is 51.2 Å². The molecule has 4 heteroatoms. The number of hydrogen-bond acceptors (Lipinski definition) is 3. The van der Waals surface area contributed by atoms with E-state index in [1.165, 1.54) is 6.42 Å². The minimum atomic E-state index is 0.0620. The minimum Gasteiger partial charge on any atom is -0.378 e. The van der Waals surface area contributed by atoms with E-state index in [0.29, 0.717) is 6.10 Å². The zero-order chi connectivity index (χ0) is 17.1. The van der Waals surface area contributed by atoms with Crippen molar-refractivity contribution in [2.24, 2.45) is 0 Å². The first-order chi connectivity index (χ1) is 11.6. The summed E-state index contributed by atoms with van der Waals surface area (Å²) in [5.41, 5.74) is 3.64. The highest BCUT2D eigenvalue weighted by Gasteiger charge is 2.19. The molecular weight excluding hydrogens is 300 g/mol. The zero-order valence-electron chi connectivity index (χ0n) is 14.8. The van der Waals surface area contributed by atoms with Crippen molar-refractivity contribution in [3.63, 3.8) is 0 Å². The first-order valence-electron chi connectivity index (χ1n) is 8.80. The monoisotopic (exact) mass is 326 g/mol. The molecule has 1 unspecified atom stereocenters. The molecule has 1 atom stereocenters. The van der Waals surface area contributed by atoms with Gasteiger partial charge in [0, 0.05) is 31.3 Å². The number of carbonyl (C=O) groups excluding carboxylic acids is 1. The fourth-order valence-corrected chi connectivity index (χ4v) is 3.38. The molecule has 0 spiro atoms. The predicted octanol–water partition coefficient (Wildman–Crippen LogP) is 3.88. The molecule has 24 heavy (non-hydrogen) atoms. The second kappa shape index (κ2) is 7.31. The number of aryl methyl sites for hydroxylation is 2. The molecule has 1 saturated heterocycles. The summed E-state index contributed by atoms with van der Waals surface area (Å²) in [5, 5.41) is 0.936. The van der Waals surface area contributed by atoms with Gasteiger partial charge in [0.15, 0.2) is 0 Å². The Morgan fingerprint density at radius 1 is 1.33 bits per heavy atom. The smallest absolute Gasteiger partial charge is 0.254 e. The van der Waals surface area contributed by atoms with Crippen LogP contribution in [0.15, 0.2) is 24.3 Å². The summed E-state index contributed by atoms with van der Waals surface area (Å²) < 4.78 is 5.77. The minimum absolute atomic E-state index is 0.0620. The molecule has 0 radical (unpaired) electrons. The lowest BCUT2D eigenvalue weighted by Gasteiger charge is -2.25. The van der Waals surface area contributed by atoms with Crippen molar-refractivity contribution >= 4 is 16.8 Å². The molecule has 3 rings (SSSR count). The summed E-state index contributed by atoms with van der Waals surface area (Å²) in [7, 11) is 1.88. The van der Waals surface area contributed by atoms with Crippen LogP contribution in [0.3, 0.4) is 0 Å². The predicted molar refractivity (Wildman–Crippen MR) is 96.4 cm³/mol. The standard InChI is InChI=1S/C20H26N2O2/c1-14-7-6-9-17-18(13-15(2)21-19(14)17)20(23)22(3)11-10-16-8-4-5-12-24-16/h6-7,9,13,16H,4-5,8,10-12H2,1-3H3. The lowest BCUT2D eigenvalue weighted by Crippen LogP contribution is -2.31. The van der Waals surface area contributed by atoms with Crippen LogP contribution in [0.25, 0.3) is 10.9 Å². The third kappa shape index (κ3) is 3.59. The maximum absolute atomic E-state index is 13.0. The van der Waals surface area contributed by atoms with Crippen LogP contribution in [0.5, 0.6) is 0 Å². The van der Waals surface area contributed by atoms with Crippen molar-refractivity contribution in [2.45, 2.75) is 45.6 Å². The lowest BCUT2D eigenvalue weighted by molar-refractivity contribution is 0.00710. The van der Waals surface area contributed by atoms with Crippen LogP contribution in [-0.4, -0.2) is 42.1 Å². The highest BCUT2D eigenvalue weighted by atomic mass is 16.5. The Bertz CT molecular complexity index is 736. The van der Waals surface area contributed by atoms with E-state index in [4.69, 9.17) is 4.74 Å². The summed E-state index contributed by atoms with van der Waals surface area (Å²) in [4.78, 5) is 19.4. The summed E-state index contributed by atoms with van der Waals surface area (Å²) in [6.45, 7) is 5.56. The second-order valence-corrected chi connectivity index (χ2v) is 6.79. The first-order valence-corrected chi connectivity index (χ1v) is 8.80. The van der Waals surface area contributed by atoms with E-state index < -0.39 is 0 Å². The van der Waals surface area contributed by atoms with Crippen LogP contribution >= 0.6 is 0 Å². The Kier molecular flexibility index (Phi) is 5.14. The van der Waals surface area contributed by atoms with Gasteiger partial charge in [0.05, 0.1) is 17.2 Å². The highest BCUT2D eigenvalue weighted by Crippen LogP contribution is 2.23. The highest BCUT2D eigenvalue weighted by molar-refractivity contribution is 6.06. The molecule has 2 aromatic rings. The van der Waals surface area contributed by atoms with Crippen LogP contribution in [-0.2, 0) is 4.74 Å². The second-order valence-electron chi connectivity index (χ2n) is 6.79. The van der Waals surface area contributed by atoms with E-state index in [1.54, 1.807) is 0 Å². The topological polar surface area (TPSA) is 42.4 Å². The number of carbonyl (C=O) groups is 1. The molecule has 1 aliphatic heterocycles. The van der Waals surface area contributed by atoms with Crippen molar-refractivity contribution in [1.29, 1.82) is 0 Å². The molecule has 1 aromatic carbocycles.